The largest absolute Gasteiger partial charge is 0.359 e. The van der Waals surface area contributed by atoms with Crippen LogP contribution >= 0.6 is 101 Å². The average Bonchev–Trinajstić information content (AvgIpc) is 3.82. The Kier molecular flexibility index (Phi) is 11.2. The molecule has 2 aromatic heterocycles. The molecule has 0 spiro atoms. The molecule has 16 heteroatoms. The van der Waals surface area contributed by atoms with Gasteiger partial charge in [0.1, 0.15) is 14.8 Å². The molecule has 2 unspecified atom stereocenters. The molecule has 278 valence electrons. The van der Waals surface area contributed by atoms with Crippen LogP contribution in [0.25, 0.3) is 4.85 Å². The summed E-state index contributed by atoms with van der Waals surface area (Å²) in [6.45, 7) is 11.1. The maximum Gasteiger partial charge on any atom is 0.313 e. The molecule has 2 aliphatic rings. The zero-order valence-corrected chi connectivity index (χ0v) is 37.1. The fourth-order valence-corrected chi connectivity index (χ4v) is 8.84. The fraction of sp³-hybridized carbons (Fsp3) is 0.154. The third kappa shape index (κ3) is 7.69. The molecule has 0 N–H and O–H groups in total. The number of carbonyl (C=O) groups is 2. The molecule has 0 bridgehead atoms. The van der Waals surface area contributed by atoms with Crippen LogP contribution in [0.1, 0.15) is 25.0 Å². The minimum atomic E-state index is -0.937. The second-order valence-corrected chi connectivity index (χ2v) is 18.0. The number of aromatic nitrogens is 4. The summed E-state index contributed by atoms with van der Waals surface area (Å²) in [4.78, 5) is 42.5. The standard InChI is InChI=1S/C20H13BrCl2N4O.C19H13BrCl2IN3O/c1-20(10-12-3-5-13(21)6-4-12)18(28)27(16-8-14(22)7-15(23)9-16)19-25-17(24-2)11-26(19)20;1-19(9-11-2-4-12(20)5-3-11)17(27)26(18-24-16(23)10-25(18)19)15-7-13(21)6-14(22)8-15/h3-9,11H,10H2,1H3;2-8,10H,9H2,1H3. The van der Waals surface area contributed by atoms with Crippen molar-refractivity contribution in [3.05, 3.63) is 153 Å². The Labute approximate surface area is 367 Å². The number of fused-ring (bicyclic) bond motifs is 2. The number of hydrogen-bond donors (Lipinski definition) is 0. The summed E-state index contributed by atoms with van der Waals surface area (Å²) >= 11 is 33.7. The maximum atomic E-state index is 13.5. The maximum absolute atomic E-state index is 13.5. The van der Waals surface area contributed by atoms with Crippen LogP contribution < -0.4 is 9.80 Å². The van der Waals surface area contributed by atoms with E-state index in [2.05, 4.69) is 69.3 Å². The van der Waals surface area contributed by atoms with E-state index in [-0.39, 0.29) is 17.6 Å². The lowest BCUT2D eigenvalue weighted by atomic mass is 9.92. The van der Waals surface area contributed by atoms with E-state index in [0.29, 0.717) is 56.2 Å². The van der Waals surface area contributed by atoms with Crippen molar-refractivity contribution in [3.8, 4) is 0 Å². The first-order valence-corrected chi connectivity index (χ1v) is 20.6. The number of hydrogen-bond acceptors (Lipinski definition) is 4. The highest BCUT2D eigenvalue weighted by Crippen LogP contribution is 2.45. The summed E-state index contributed by atoms with van der Waals surface area (Å²) in [5.74, 6) is 0.953. The predicted octanol–water partition coefficient (Wildman–Crippen LogP) is 12.3. The van der Waals surface area contributed by atoms with Crippen molar-refractivity contribution in [3.63, 3.8) is 0 Å². The van der Waals surface area contributed by atoms with Crippen LogP contribution in [-0.4, -0.2) is 30.9 Å². The number of halogens is 7. The number of benzene rings is 4. The summed E-state index contributed by atoms with van der Waals surface area (Å²) in [5, 5.41) is 1.78. The molecule has 4 heterocycles. The topological polar surface area (TPSA) is 80.6 Å². The molecule has 8 rings (SSSR count). The molecular weight excluding hydrogens is 1030 g/mol. The van der Waals surface area contributed by atoms with E-state index >= 15 is 0 Å². The minimum Gasteiger partial charge on any atom is -0.359 e. The predicted molar refractivity (Wildman–Crippen MR) is 234 cm³/mol. The van der Waals surface area contributed by atoms with Crippen molar-refractivity contribution in [2.75, 3.05) is 9.80 Å². The summed E-state index contributed by atoms with van der Waals surface area (Å²) in [6.07, 6.45) is 4.51. The number of amides is 2. The normalized spacial score (nSPS) is 18.5. The SMILES string of the molecule is CC1(Cc2ccc(Br)cc2)C(=O)N(c2cc(Cl)cc(Cl)c2)c2nc(I)cn21.[C-]#[N+]c1cn2c(n1)N(c1cc(Cl)cc(Cl)c1)C(=O)C2(C)Cc1ccc(Br)cc1. The van der Waals surface area contributed by atoms with Gasteiger partial charge in [0.15, 0.2) is 0 Å². The van der Waals surface area contributed by atoms with Crippen LogP contribution in [-0.2, 0) is 33.5 Å². The molecule has 4 aromatic carbocycles. The van der Waals surface area contributed by atoms with Crippen LogP contribution in [0, 0.1) is 10.3 Å². The first-order chi connectivity index (χ1) is 26.1. The highest BCUT2D eigenvalue weighted by molar-refractivity contribution is 14.1. The average molecular weight is 1050 g/mol. The lowest BCUT2D eigenvalue weighted by Crippen LogP contribution is -2.40. The van der Waals surface area contributed by atoms with Gasteiger partial charge in [-0.15, -0.1) is 0 Å². The van der Waals surface area contributed by atoms with Gasteiger partial charge in [-0.3, -0.25) is 14.2 Å². The van der Waals surface area contributed by atoms with E-state index in [4.69, 9.17) is 53.0 Å². The van der Waals surface area contributed by atoms with Crippen molar-refractivity contribution in [2.24, 2.45) is 0 Å². The molecule has 0 fully saturated rings. The lowest BCUT2D eigenvalue weighted by Gasteiger charge is -2.25. The monoisotopic (exact) mass is 1050 g/mol. The summed E-state index contributed by atoms with van der Waals surface area (Å²) in [5.41, 5.74) is 1.46. The highest BCUT2D eigenvalue weighted by atomic mass is 127. The van der Waals surface area contributed by atoms with E-state index in [0.717, 1.165) is 23.8 Å². The second-order valence-electron chi connectivity index (χ2n) is 13.3. The van der Waals surface area contributed by atoms with Crippen LogP contribution in [0.2, 0.25) is 20.1 Å². The third-order valence-electron chi connectivity index (χ3n) is 9.37. The Morgan fingerprint density at radius 2 is 1.04 bits per heavy atom. The molecule has 0 saturated carbocycles. The molecule has 0 saturated heterocycles. The van der Waals surface area contributed by atoms with Gasteiger partial charge >= 0.3 is 5.95 Å². The first-order valence-electron chi connectivity index (χ1n) is 16.4. The minimum absolute atomic E-state index is 0.0670. The first kappa shape index (κ1) is 39.8. The number of rotatable bonds is 6. The van der Waals surface area contributed by atoms with E-state index in [1.165, 1.54) is 4.90 Å². The molecule has 6 aromatic rings. The van der Waals surface area contributed by atoms with Gasteiger partial charge < -0.3 is 9.41 Å². The summed E-state index contributed by atoms with van der Waals surface area (Å²) in [6, 6.07) is 25.8. The quantitative estimate of drug-likeness (QED) is 0.123. The number of carbonyl (C=O) groups excluding carboxylic acids is 2. The molecule has 0 radical (unpaired) electrons. The van der Waals surface area contributed by atoms with Gasteiger partial charge in [-0.1, -0.05) is 114 Å². The molecule has 2 aliphatic heterocycles. The Morgan fingerprint density at radius 3 is 1.44 bits per heavy atom. The number of nitrogens with zero attached hydrogens (tertiary/aromatic N) is 7. The zero-order chi connectivity index (χ0) is 39.4. The van der Waals surface area contributed by atoms with Crippen LogP contribution in [0.3, 0.4) is 0 Å². The molecule has 0 aliphatic carbocycles. The molecule has 2 atom stereocenters. The third-order valence-corrected chi connectivity index (χ3v) is 11.8. The van der Waals surface area contributed by atoms with Crippen LogP contribution in [0.5, 0.6) is 0 Å². The smallest absolute Gasteiger partial charge is 0.313 e. The Bertz CT molecular complexity index is 2500. The van der Waals surface area contributed by atoms with Gasteiger partial charge in [0, 0.05) is 54.3 Å². The van der Waals surface area contributed by atoms with Crippen molar-refractivity contribution in [1.82, 2.24) is 19.1 Å². The van der Waals surface area contributed by atoms with Gasteiger partial charge in [-0.05, 0) is 108 Å². The number of anilines is 4. The zero-order valence-electron chi connectivity index (χ0n) is 28.7. The fourth-order valence-electron chi connectivity index (χ4n) is 6.79. The molecular formula is C39H26Br2Cl4IN7O2. The molecule has 9 nitrogen and oxygen atoms in total. The van der Waals surface area contributed by atoms with E-state index in [9.17, 15) is 9.59 Å². The van der Waals surface area contributed by atoms with E-state index in [1.807, 2.05) is 73.1 Å². The Hall–Kier alpha value is -3.42. The van der Waals surface area contributed by atoms with Crippen molar-refractivity contribution < 1.29 is 9.59 Å². The summed E-state index contributed by atoms with van der Waals surface area (Å²) in [7, 11) is 0. The van der Waals surface area contributed by atoms with E-state index in [1.54, 1.807) is 52.1 Å². The van der Waals surface area contributed by atoms with E-state index < -0.39 is 11.1 Å². The van der Waals surface area contributed by atoms with Gasteiger partial charge in [0.25, 0.3) is 17.6 Å². The number of imidazole rings is 2. The second kappa shape index (κ2) is 15.5. The lowest BCUT2D eigenvalue weighted by molar-refractivity contribution is -0.124. The van der Waals surface area contributed by atoms with Crippen LogP contribution in [0.15, 0.2) is 106 Å². The summed E-state index contributed by atoms with van der Waals surface area (Å²) < 4.78 is 6.48. The van der Waals surface area contributed by atoms with Crippen molar-refractivity contribution in [1.29, 1.82) is 0 Å². The molecule has 55 heavy (non-hydrogen) atoms. The van der Waals surface area contributed by atoms with Gasteiger partial charge in [-0.2, -0.15) is 0 Å². The molecule has 2 amide bonds. The van der Waals surface area contributed by atoms with Crippen molar-refractivity contribution >= 4 is 142 Å². The Balaban J connectivity index is 0.000000169. The van der Waals surface area contributed by atoms with Crippen molar-refractivity contribution in [2.45, 2.75) is 37.8 Å². The highest BCUT2D eigenvalue weighted by Gasteiger charge is 2.51. The Morgan fingerprint density at radius 1 is 0.655 bits per heavy atom. The van der Waals surface area contributed by atoms with Gasteiger partial charge in [0.05, 0.1) is 11.4 Å². The van der Waals surface area contributed by atoms with Gasteiger partial charge in [-0.25, -0.2) is 14.8 Å². The van der Waals surface area contributed by atoms with Crippen LogP contribution in [0.4, 0.5) is 29.1 Å². The van der Waals surface area contributed by atoms with Gasteiger partial charge in [0.2, 0.25) is 5.95 Å².